The number of hydrogen-bond donors (Lipinski definition) is 1. The number of aliphatic hydroxyl groups is 1. The molecule has 0 saturated heterocycles. The van der Waals surface area contributed by atoms with Crippen molar-refractivity contribution in [3.63, 3.8) is 0 Å². The van der Waals surface area contributed by atoms with E-state index < -0.39 is 0 Å². The van der Waals surface area contributed by atoms with E-state index >= 15 is 0 Å². The molecule has 0 bridgehead atoms. The summed E-state index contributed by atoms with van der Waals surface area (Å²) in [5.74, 6) is -0.124. The predicted octanol–water partition coefficient (Wildman–Crippen LogP) is 3.37. The molecule has 0 saturated carbocycles. The number of halogens is 1. The topological polar surface area (TPSA) is 37.3 Å². The molecule has 0 amide bonds. The molecule has 2 aromatic rings. The highest BCUT2D eigenvalue weighted by atomic mass is 35.5. The van der Waals surface area contributed by atoms with Crippen LogP contribution < -0.4 is 0 Å². The van der Waals surface area contributed by atoms with Gasteiger partial charge in [-0.1, -0.05) is 47.5 Å². The van der Waals surface area contributed by atoms with Crippen LogP contribution in [0.3, 0.4) is 0 Å². The Labute approximate surface area is 111 Å². The second-order valence-electron chi connectivity index (χ2n) is 4.15. The maximum Gasteiger partial charge on any atom is 0.193 e. The number of aliphatic hydroxyl groups excluding tert-OH is 1. The first-order chi connectivity index (χ1) is 8.61. The van der Waals surface area contributed by atoms with Gasteiger partial charge < -0.3 is 5.11 Å². The van der Waals surface area contributed by atoms with Crippen molar-refractivity contribution < 1.29 is 9.90 Å². The van der Waals surface area contributed by atoms with E-state index in [-0.39, 0.29) is 12.4 Å². The fourth-order valence-corrected chi connectivity index (χ4v) is 1.93. The quantitative estimate of drug-likeness (QED) is 0.859. The average molecular weight is 261 g/mol. The SMILES string of the molecule is Cc1ccc(C(=O)c2cc(Cl)ccc2CO)cc1. The minimum Gasteiger partial charge on any atom is -0.392 e. The Hall–Kier alpha value is -1.64. The van der Waals surface area contributed by atoms with E-state index in [9.17, 15) is 9.90 Å². The van der Waals surface area contributed by atoms with Gasteiger partial charge in [-0.05, 0) is 24.6 Å². The second kappa shape index (κ2) is 5.34. The number of carbonyl (C=O) groups is 1. The first kappa shape index (κ1) is 12.8. The Morgan fingerprint density at radius 1 is 1.17 bits per heavy atom. The third-order valence-electron chi connectivity index (χ3n) is 2.80. The van der Waals surface area contributed by atoms with Crippen molar-refractivity contribution >= 4 is 17.4 Å². The number of ketones is 1. The van der Waals surface area contributed by atoms with Crippen molar-refractivity contribution in [2.45, 2.75) is 13.5 Å². The van der Waals surface area contributed by atoms with Crippen LogP contribution >= 0.6 is 11.6 Å². The predicted molar refractivity (Wildman–Crippen MR) is 72.0 cm³/mol. The highest BCUT2D eigenvalue weighted by Crippen LogP contribution is 2.20. The van der Waals surface area contributed by atoms with Crippen LogP contribution in [0.25, 0.3) is 0 Å². The van der Waals surface area contributed by atoms with Crippen LogP contribution in [-0.2, 0) is 6.61 Å². The molecule has 0 spiro atoms. The summed E-state index contributed by atoms with van der Waals surface area (Å²) in [5, 5.41) is 9.74. The Morgan fingerprint density at radius 3 is 2.44 bits per heavy atom. The van der Waals surface area contributed by atoms with Gasteiger partial charge in [0.1, 0.15) is 0 Å². The molecule has 3 heteroatoms. The zero-order valence-corrected chi connectivity index (χ0v) is 10.7. The standard InChI is InChI=1S/C15H13ClO2/c1-10-2-4-11(5-3-10)15(18)14-8-13(16)7-6-12(14)9-17/h2-8,17H,9H2,1H3. The number of aryl methyl sites for hydroxylation is 1. The molecule has 2 aromatic carbocycles. The van der Waals surface area contributed by atoms with E-state index in [1.165, 1.54) is 0 Å². The highest BCUT2D eigenvalue weighted by molar-refractivity contribution is 6.31. The van der Waals surface area contributed by atoms with Crippen LogP contribution in [0.1, 0.15) is 27.0 Å². The van der Waals surface area contributed by atoms with Gasteiger partial charge >= 0.3 is 0 Å². The van der Waals surface area contributed by atoms with Gasteiger partial charge in [-0.2, -0.15) is 0 Å². The Bertz CT molecular complexity index is 574. The first-order valence-electron chi connectivity index (χ1n) is 5.62. The zero-order chi connectivity index (χ0) is 13.1. The first-order valence-corrected chi connectivity index (χ1v) is 6.00. The van der Waals surface area contributed by atoms with E-state index in [2.05, 4.69) is 0 Å². The maximum absolute atomic E-state index is 12.3. The van der Waals surface area contributed by atoms with E-state index in [4.69, 9.17) is 11.6 Å². The molecule has 0 aliphatic carbocycles. The maximum atomic E-state index is 12.3. The fourth-order valence-electron chi connectivity index (χ4n) is 1.76. The highest BCUT2D eigenvalue weighted by Gasteiger charge is 2.13. The molecule has 92 valence electrons. The summed E-state index contributed by atoms with van der Waals surface area (Å²) in [7, 11) is 0. The molecular weight excluding hydrogens is 248 g/mol. The molecule has 2 rings (SSSR count). The lowest BCUT2D eigenvalue weighted by Gasteiger charge is -2.07. The lowest BCUT2D eigenvalue weighted by Crippen LogP contribution is -2.05. The molecule has 1 N–H and O–H groups in total. The molecule has 0 aliphatic rings. The smallest absolute Gasteiger partial charge is 0.193 e. The average Bonchev–Trinajstić information content (AvgIpc) is 2.39. The van der Waals surface area contributed by atoms with Gasteiger partial charge in [-0.15, -0.1) is 0 Å². The van der Waals surface area contributed by atoms with Crippen molar-refractivity contribution in [3.05, 3.63) is 69.7 Å². The van der Waals surface area contributed by atoms with Crippen molar-refractivity contribution in [2.75, 3.05) is 0 Å². The summed E-state index contributed by atoms with van der Waals surface area (Å²) in [6.45, 7) is 1.79. The van der Waals surface area contributed by atoms with Gasteiger partial charge in [0.05, 0.1) is 6.61 Å². The lowest BCUT2D eigenvalue weighted by molar-refractivity contribution is 0.103. The summed E-state index contributed by atoms with van der Waals surface area (Å²) in [4.78, 5) is 12.3. The number of hydrogen-bond acceptors (Lipinski definition) is 2. The monoisotopic (exact) mass is 260 g/mol. The summed E-state index contributed by atoms with van der Waals surface area (Å²) >= 11 is 5.90. The third-order valence-corrected chi connectivity index (χ3v) is 3.04. The number of carbonyl (C=O) groups excluding carboxylic acids is 1. The molecule has 0 unspecified atom stereocenters. The molecule has 0 radical (unpaired) electrons. The van der Waals surface area contributed by atoms with Crippen molar-refractivity contribution in [2.24, 2.45) is 0 Å². The second-order valence-corrected chi connectivity index (χ2v) is 4.59. The van der Waals surface area contributed by atoms with Crippen LogP contribution in [0.4, 0.5) is 0 Å². The Morgan fingerprint density at radius 2 is 1.83 bits per heavy atom. The fraction of sp³-hybridized carbons (Fsp3) is 0.133. The minimum atomic E-state index is -0.176. The van der Waals surface area contributed by atoms with Gasteiger partial charge in [0.2, 0.25) is 0 Å². The van der Waals surface area contributed by atoms with Crippen LogP contribution in [0, 0.1) is 6.92 Å². The molecule has 0 aromatic heterocycles. The molecule has 18 heavy (non-hydrogen) atoms. The summed E-state index contributed by atoms with van der Waals surface area (Å²) in [6, 6.07) is 12.3. The van der Waals surface area contributed by atoms with E-state index in [1.54, 1.807) is 30.3 Å². The zero-order valence-electron chi connectivity index (χ0n) is 9.98. The summed E-state index contributed by atoms with van der Waals surface area (Å²) < 4.78 is 0. The van der Waals surface area contributed by atoms with Crippen LogP contribution in [0.15, 0.2) is 42.5 Å². The third kappa shape index (κ3) is 2.61. The van der Waals surface area contributed by atoms with Crippen molar-refractivity contribution in [3.8, 4) is 0 Å². The molecular formula is C15H13ClO2. The van der Waals surface area contributed by atoms with E-state index in [0.29, 0.717) is 21.7 Å². The Balaban J connectivity index is 2.45. The van der Waals surface area contributed by atoms with Crippen molar-refractivity contribution in [1.82, 2.24) is 0 Å². The van der Waals surface area contributed by atoms with Crippen LogP contribution in [-0.4, -0.2) is 10.9 Å². The minimum absolute atomic E-state index is 0.124. The van der Waals surface area contributed by atoms with E-state index in [1.807, 2.05) is 19.1 Å². The van der Waals surface area contributed by atoms with Crippen molar-refractivity contribution in [1.29, 1.82) is 0 Å². The van der Waals surface area contributed by atoms with Crippen LogP contribution in [0.5, 0.6) is 0 Å². The molecule has 0 fully saturated rings. The van der Waals surface area contributed by atoms with E-state index in [0.717, 1.165) is 5.56 Å². The summed E-state index contributed by atoms with van der Waals surface area (Å²) in [6.07, 6.45) is 0. The normalized spacial score (nSPS) is 10.4. The van der Waals surface area contributed by atoms with Gasteiger partial charge in [0, 0.05) is 16.1 Å². The largest absolute Gasteiger partial charge is 0.392 e. The van der Waals surface area contributed by atoms with Gasteiger partial charge in [0.25, 0.3) is 0 Å². The molecule has 0 atom stereocenters. The molecule has 0 aliphatic heterocycles. The number of benzene rings is 2. The van der Waals surface area contributed by atoms with Gasteiger partial charge in [-0.3, -0.25) is 4.79 Å². The van der Waals surface area contributed by atoms with Gasteiger partial charge in [-0.25, -0.2) is 0 Å². The summed E-state index contributed by atoms with van der Waals surface area (Å²) in [5.41, 5.74) is 2.73. The molecule has 2 nitrogen and oxygen atoms in total. The number of rotatable bonds is 3. The van der Waals surface area contributed by atoms with Crippen LogP contribution in [0.2, 0.25) is 5.02 Å². The molecule has 0 heterocycles. The Kier molecular flexibility index (Phi) is 3.80. The lowest BCUT2D eigenvalue weighted by atomic mass is 9.98. The van der Waals surface area contributed by atoms with Gasteiger partial charge in [0.15, 0.2) is 5.78 Å².